The molecule has 0 saturated heterocycles. The number of carbonyl (C=O) groups excluding carboxylic acids is 1. The van der Waals surface area contributed by atoms with Crippen LogP contribution in [0.5, 0.6) is 0 Å². The number of rotatable bonds is 6. The molecule has 1 aromatic carbocycles. The first-order valence-electron chi connectivity index (χ1n) is 9.47. The van der Waals surface area contributed by atoms with Gasteiger partial charge in [-0.25, -0.2) is 5.01 Å². The van der Waals surface area contributed by atoms with Crippen LogP contribution < -0.4 is 15.9 Å². The number of unbranched alkanes of at least 4 members (excludes halogenated alkanes) is 2. The Morgan fingerprint density at radius 3 is 2.96 bits per heavy atom. The zero-order valence-corrected chi connectivity index (χ0v) is 16.5. The average molecular weight is 395 g/mol. The highest BCUT2D eigenvalue weighted by Crippen LogP contribution is 2.22. The molecule has 2 aliphatic heterocycles. The van der Waals surface area contributed by atoms with Gasteiger partial charge in [-0.3, -0.25) is 15.1 Å². The van der Waals surface area contributed by atoms with Crippen LogP contribution in [0.1, 0.15) is 31.9 Å². The Hall–Kier alpha value is -2.80. The largest absolute Gasteiger partial charge is 0.465 e. The maximum absolute atomic E-state index is 12.9. The van der Waals surface area contributed by atoms with E-state index in [0.29, 0.717) is 10.9 Å². The molecule has 0 unspecified atom stereocenters. The Morgan fingerprint density at radius 2 is 2.14 bits per heavy atom. The fourth-order valence-electron chi connectivity index (χ4n) is 3.13. The minimum Gasteiger partial charge on any atom is -0.465 e. The van der Waals surface area contributed by atoms with Gasteiger partial charge in [0.05, 0.1) is 11.6 Å². The molecule has 2 aliphatic rings. The second kappa shape index (κ2) is 8.48. The Bertz CT molecular complexity index is 1030. The number of amidine groups is 1. The summed E-state index contributed by atoms with van der Waals surface area (Å²) in [4.78, 5) is 17.7. The molecule has 1 N–H and O–H groups in total. The van der Waals surface area contributed by atoms with Crippen LogP contribution in [0.3, 0.4) is 0 Å². The predicted octanol–water partition coefficient (Wildman–Crippen LogP) is 2.69. The molecule has 1 atom stereocenters. The molecule has 0 aliphatic carbocycles. The highest BCUT2D eigenvalue weighted by atomic mass is 32.2. The lowest BCUT2D eigenvalue weighted by Gasteiger charge is -2.32. The molecular weight excluding hydrogens is 372 g/mol. The Labute approximate surface area is 167 Å². The third-order valence-electron chi connectivity index (χ3n) is 4.51. The number of amides is 1. The topological polar surface area (TPSA) is 70.2 Å². The van der Waals surface area contributed by atoms with E-state index in [2.05, 4.69) is 12.2 Å². The van der Waals surface area contributed by atoms with Crippen LogP contribution in [-0.4, -0.2) is 28.0 Å². The lowest BCUT2D eigenvalue weighted by atomic mass is 10.1. The van der Waals surface area contributed by atoms with E-state index in [9.17, 15) is 4.79 Å². The van der Waals surface area contributed by atoms with E-state index < -0.39 is 6.17 Å². The van der Waals surface area contributed by atoms with Gasteiger partial charge in [0, 0.05) is 11.0 Å². The molecule has 0 bridgehead atoms. The Kier molecular flexibility index (Phi) is 5.62. The number of carbonyl (C=O) groups is 1. The van der Waals surface area contributed by atoms with E-state index >= 15 is 0 Å². The summed E-state index contributed by atoms with van der Waals surface area (Å²) in [5.41, 5.74) is 0.526. The van der Waals surface area contributed by atoms with Gasteiger partial charge >= 0.3 is 0 Å². The van der Waals surface area contributed by atoms with Crippen molar-refractivity contribution in [3.63, 3.8) is 0 Å². The van der Waals surface area contributed by atoms with Crippen LogP contribution in [-0.2, 0) is 4.79 Å². The maximum Gasteiger partial charge on any atom is 0.276 e. The van der Waals surface area contributed by atoms with Crippen LogP contribution >= 0.6 is 11.8 Å². The molecule has 7 heteroatoms. The summed E-state index contributed by atoms with van der Waals surface area (Å²) in [6.45, 7) is 2.18. The van der Waals surface area contributed by atoms with Crippen molar-refractivity contribution in [2.24, 2.45) is 10.1 Å². The number of thioether (sulfide) groups is 1. The van der Waals surface area contributed by atoms with Crippen molar-refractivity contribution >= 4 is 34.6 Å². The first kappa shape index (κ1) is 18.6. The minimum absolute atomic E-state index is 0.147. The number of hydrogen-bond acceptors (Lipinski definition) is 6. The average Bonchev–Trinajstić information content (AvgIpc) is 3.23. The van der Waals surface area contributed by atoms with Gasteiger partial charge in [-0.1, -0.05) is 49.7 Å². The highest BCUT2D eigenvalue weighted by molar-refractivity contribution is 8.13. The van der Waals surface area contributed by atoms with Crippen LogP contribution in [0.25, 0.3) is 11.8 Å². The predicted molar refractivity (Wildman–Crippen MR) is 112 cm³/mol. The smallest absolute Gasteiger partial charge is 0.276 e. The zero-order chi connectivity index (χ0) is 19.3. The Morgan fingerprint density at radius 1 is 1.25 bits per heavy atom. The summed E-state index contributed by atoms with van der Waals surface area (Å²) in [7, 11) is 0. The maximum atomic E-state index is 12.9. The first-order valence-corrected chi connectivity index (χ1v) is 10.5. The number of benzene rings is 1. The Balaban J connectivity index is 1.69. The summed E-state index contributed by atoms with van der Waals surface area (Å²) in [5.74, 6) is 1.51. The van der Waals surface area contributed by atoms with Crippen molar-refractivity contribution < 1.29 is 9.21 Å². The molecule has 6 nitrogen and oxygen atoms in total. The van der Waals surface area contributed by atoms with Crippen molar-refractivity contribution in [1.29, 1.82) is 0 Å². The summed E-state index contributed by atoms with van der Waals surface area (Å²) < 4.78 is 5.38. The van der Waals surface area contributed by atoms with Gasteiger partial charge in [-0.2, -0.15) is 0 Å². The van der Waals surface area contributed by atoms with E-state index in [1.807, 2.05) is 48.6 Å². The number of para-hydroxylation sites is 1. The molecule has 144 valence electrons. The molecule has 0 saturated carbocycles. The van der Waals surface area contributed by atoms with Crippen molar-refractivity contribution in [3.05, 3.63) is 65.1 Å². The van der Waals surface area contributed by atoms with Crippen LogP contribution in [0.4, 0.5) is 0 Å². The molecule has 1 aromatic heterocycles. The second-order valence-corrected chi connectivity index (χ2v) is 7.63. The normalized spacial score (nSPS) is 18.4. The molecule has 0 spiro atoms. The third kappa shape index (κ3) is 3.89. The van der Waals surface area contributed by atoms with E-state index in [1.54, 1.807) is 23.0 Å². The number of hydrazone groups is 1. The lowest BCUT2D eigenvalue weighted by molar-refractivity contribution is -0.116. The second-order valence-electron chi connectivity index (χ2n) is 6.54. The van der Waals surface area contributed by atoms with Gasteiger partial charge in [0.2, 0.25) is 0 Å². The molecule has 0 fully saturated rings. The quantitative estimate of drug-likeness (QED) is 0.765. The molecule has 2 aromatic rings. The van der Waals surface area contributed by atoms with E-state index in [1.165, 1.54) is 12.8 Å². The van der Waals surface area contributed by atoms with Gasteiger partial charge in [0.15, 0.2) is 11.3 Å². The van der Waals surface area contributed by atoms with Crippen molar-refractivity contribution in [1.82, 2.24) is 10.3 Å². The summed E-state index contributed by atoms with van der Waals surface area (Å²) in [5, 5.41) is 11.5. The van der Waals surface area contributed by atoms with E-state index in [-0.39, 0.29) is 5.91 Å². The van der Waals surface area contributed by atoms with Crippen LogP contribution in [0, 0.1) is 0 Å². The van der Waals surface area contributed by atoms with Gasteiger partial charge < -0.3 is 4.42 Å². The number of hydrogen-bond donors (Lipinski definition) is 1. The van der Waals surface area contributed by atoms with Gasteiger partial charge in [0.1, 0.15) is 11.5 Å². The lowest BCUT2D eigenvalue weighted by Crippen LogP contribution is -2.52. The van der Waals surface area contributed by atoms with Gasteiger partial charge in [0.25, 0.3) is 5.91 Å². The summed E-state index contributed by atoms with van der Waals surface area (Å²) in [6.07, 6.45) is 8.41. The van der Waals surface area contributed by atoms with Crippen LogP contribution in [0.15, 0.2) is 63.2 Å². The van der Waals surface area contributed by atoms with E-state index in [4.69, 9.17) is 14.5 Å². The van der Waals surface area contributed by atoms with Crippen molar-refractivity contribution in [2.45, 2.75) is 32.4 Å². The van der Waals surface area contributed by atoms with Crippen LogP contribution in [0.2, 0.25) is 0 Å². The summed E-state index contributed by atoms with van der Waals surface area (Å²) >= 11 is 1.57. The van der Waals surface area contributed by atoms with Gasteiger partial charge in [-0.05, 0) is 36.8 Å². The fourth-order valence-corrected chi connectivity index (χ4v) is 3.98. The number of furan rings is 1. The minimum atomic E-state index is -0.410. The SMILES string of the molecule is CCCCCSC1=NN2C(=c3ccccc3=N[C@H]2/C=C/c2ccco2)C(=O)N1. The highest BCUT2D eigenvalue weighted by Gasteiger charge is 2.32. The van der Waals surface area contributed by atoms with Crippen molar-refractivity contribution in [2.75, 3.05) is 5.75 Å². The molecule has 1 amide bonds. The van der Waals surface area contributed by atoms with Gasteiger partial charge in [-0.15, -0.1) is 5.10 Å². The van der Waals surface area contributed by atoms with Crippen molar-refractivity contribution in [3.8, 4) is 0 Å². The fraction of sp³-hybridized carbons (Fsp3) is 0.286. The number of fused-ring (bicyclic) bond motifs is 2. The molecule has 28 heavy (non-hydrogen) atoms. The zero-order valence-electron chi connectivity index (χ0n) is 15.7. The first-order chi connectivity index (χ1) is 13.8. The third-order valence-corrected chi connectivity index (χ3v) is 5.46. The number of nitrogens with zero attached hydrogens (tertiary/aromatic N) is 3. The summed E-state index contributed by atoms with van der Waals surface area (Å²) in [6, 6.07) is 11.4. The number of nitrogens with one attached hydrogen (secondary N) is 1. The monoisotopic (exact) mass is 394 g/mol. The molecular formula is C21H22N4O2S. The van der Waals surface area contributed by atoms with E-state index in [0.717, 1.165) is 28.5 Å². The molecule has 4 rings (SSSR count). The molecule has 3 heterocycles. The standard InChI is InChI=1S/C21H22N4O2S/c1-2-3-6-14-28-21-23-20(26)19-16-9-4-5-10-17(16)22-18(25(19)24-21)12-11-15-8-7-13-27-15/h4-5,7-13,18H,2-3,6,14H2,1H3,(H,23,24,26)/b12-11+/t18-/m1/s1. The molecule has 0 radical (unpaired) electrons.